The topological polar surface area (TPSA) is 67.2 Å². The summed E-state index contributed by atoms with van der Waals surface area (Å²) in [5.41, 5.74) is 2.59. The van der Waals surface area contributed by atoms with Gasteiger partial charge in [0.1, 0.15) is 11.6 Å². The van der Waals surface area contributed by atoms with Crippen LogP contribution in [0.5, 0.6) is 0 Å². The maximum atomic E-state index is 13.4. The van der Waals surface area contributed by atoms with Gasteiger partial charge in [0.25, 0.3) is 5.56 Å². The highest BCUT2D eigenvalue weighted by atomic mass is 35.5. The van der Waals surface area contributed by atoms with Gasteiger partial charge in [-0.25, -0.2) is 13.8 Å². The maximum Gasteiger partial charge on any atom is 0.283 e. The highest BCUT2D eigenvalue weighted by Gasteiger charge is 2.22. The van der Waals surface area contributed by atoms with E-state index in [4.69, 9.17) is 11.6 Å². The SMILES string of the molecule is O=C(Cc1cc(F)cc(F)c1)Nn1c(N2CCCC2)nc2cccc(Cl)c2c1=O. The molecule has 0 radical (unpaired) electrons. The monoisotopic (exact) mass is 418 g/mol. The lowest BCUT2D eigenvalue weighted by atomic mass is 10.1. The first-order valence-corrected chi connectivity index (χ1v) is 9.51. The molecule has 150 valence electrons. The number of anilines is 1. The van der Waals surface area contributed by atoms with E-state index in [1.807, 2.05) is 4.90 Å². The van der Waals surface area contributed by atoms with E-state index in [-0.39, 0.29) is 22.4 Å². The number of nitrogens with one attached hydrogen (secondary N) is 1. The molecule has 1 N–H and O–H groups in total. The van der Waals surface area contributed by atoms with Crippen molar-refractivity contribution < 1.29 is 13.6 Å². The summed E-state index contributed by atoms with van der Waals surface area (Å²) in [6, 6.07) is 7.83. The van der Waals surface area contributed by atoms with Crippen molar-refractivity contribution in [2.24, 2.45) is 0 Å². The lowest BCUT2D eigenvalue weighted by Gasteiger charge is -2.22. The molecule has 0 spiro atoms. The Bertz CT molecular complexity index is 1140. The van der Waals surface area contributed by atoms with Crippen molar-refractivity contribution in [2.75, 3.05) is 23.4 Å². The van der Waals surface area contributed by atoms with Crippen LogP contribution in [0.1, 0.15) is 18.4 Å². The number of benzene rings is 2. The Hall–Kier alpha value is -3.00. The lowest BCUT2D eigenvalue weighted by molar-refractivity contribution is -0.116. The normalized spacial score (nSPS) is 13.8. The van der Waals surface area contributed by atoms with Gasteiger partial charge in [0.2, 0.25) is 11.9 Å². The summed E-state index contributed by atoms with van der Waals surface area (Å²) in [5, 5.41) is 0.414. The third-order valence-corrected chi connectivity index (χ3v) is 5.06. The molecule has 1 saturated heterocycles. The number of rotatable bonds is 4. The van der Waals surface area contributed by atoms with Gasteiger partial charge >= 0.3 is 0 Å². The predicted octanol–water partition coefficient (Wildman–Crippen LogP) is 3.24. The van der Waals surface area contributed by atoms with Gasteiger partial charge in [-0.3, -0.25) is 15.0 Å². The first-order valence-electron chi connectivity index (χ1n) is 9.13. The summed E-state index contributed by atoms with van der Waals surface area (Å²) >= 11 is 6.18. The van der Waals surface area contributed by atoms with Crippen LogP contribution >= 0.6 is 11.6 Å². The molecule has 6 nitrogen and oxygen atoms in total. The van der Waals surface area contributed by atoms with E-state index in [0.29, 0.717) is 24.6 Å². The van der Waals surface area contributed by atoms with Crippen molar-refractivity contribution in [1.82, 2.24) is 9.66 Å². The first-order chi connectivity index (χ1) is 13.9. The second kappa shape index (κ2) is 7.79. The van der Waals surface area contributed by atoms with Gasteiger partial charge in [-0.2, -0.15) is 4.68 Å². The molecule has 4 rings (SSSR count). The number of nitrogens with zero attached hydrogens (tertiary/aromatic N) is 3. The summed E-state index contributed by atoms with van der Waals surface area (Å²) in [6.45, 7) is 1.40. The summed E-state index contributed by atoms with van der Waals surface area (Å²) < 4.78 is 27.9. The molecule has 0 bridgehead atoms. The van der Waals surface area contributed by atoms with Gasteiger partial charge in [0, 0.05) is 19.2 Å². The molecule has 0 saturated carbocycles. The zero-order valence-electron chi connectivity index (χ0n) is 15.3. The zero-order valence-corrected chi connectivity index (χ0v) is 16.0. The molecular formula is C20H17ClF2N4O2. The van der Waals surface area contributed by atoms with Gasteiger partial charge in [0.05, 0.1) is 22.3 Å². The number of hydrogen-bond donors (Lipinski definition) is 1. The fraction of sp³-hybridized carbons (Fsp3) is 0.250. The molecule has 1 aliphatic rings. The fourth-order valence-electron chi connectivity index (χ4n) is 3.47. The number of halogens is 3. The number of carbonyl (C=O) groups is 1. The zero-order chi connectivity index (χ0) is 20.5. The van der Waals surface area contributed by atoms with Crippen LogP contribution in [0.2, 0.25) is 5.02 Å². The van der Waals surface area contributed by atoms with Crippen molar-refractivity contribution in [3.05, 3.63) is 69.0 Å². The van der Waals surface area contributed by atoms with Gasteiger partial charge in [0.15, 0.2) is 0 Å². The Labute approximate surface area is 169 Å². The van der Waals surface area contributed by atoms with Crippen LogP contribution in [0.15, 0.2) is 41.2 Å². The minimum absolute atomic E-state index is 0.155. The smallest absolute Gasteiger partial charge is 0.283 e. The molecule has 1 aliphatic heterocycles. The Morgan fingerprint density at radius 1 is 1.14 bits per heavy atom. The average Bonchev–Trinajstić information content (AvgIpc) is 3.17. The molecular weight excluding hydrogens is 402 g/mol. The number of carbonyl (C=O) groups excluding carboxylic acids is 1. The summed E-state index contributed by atoms with van der Waals surface area (Å²) in [5.74, 6) is -1.85. The second-order valence-corrected chi connectivity index (χ2v) is 7.28. The molecule has 3 aromatic rings. The largest absolute Gasteiger partial charge is 0.341 e. The summed E-state index contributed by atoms with van der Waals surface area (Å²) in [4.78, 5) is 32.1. The Kier molecular flexibility index (Phi) is 5.19. The number of hydrogen-bond acceptors (Lipinski definition) is 4. The summed E-state index contributed by atoms with van der Waals surface area (Å²) in [7, 11) is 0. The van der Waals surface area contributed by atoms with Gasteiger partial charge < -0.3 is 4.90 Å². The number of fused-ring (bicyclic) bond motifs is 1. The number of aromatic nitrogens is 2. The molecule has 1 aromatic heterocycles. The molecule has 1 amide bonds. The molecule has 0 unspecified atom stereocenters. The molecule has 9 heteroatoms. The van der Waals surface area contributed by atoms with Crippen LogP contribution in [-0.2, 0) is 11.2 Å². The third kappa shape index (κ3) is 3.93. The lowest BCUT2D eigenvalue weighted by Crippen LogP contribution is -2.39. The molecule has 0 atom stereocenters. The van der Waals surface area contributed by atoms with Gasteiger partial charge in [-0.05, 0) is 42.7 Å². The molecule has 2 aromatic carbocycles. The first kappa shape index (κ1) is 19.3. The average molecular weight is 419 g/mol. The third-order valence-electron chi connectivity index (χ3n) is 4.74. The Morgan fingerprint density at radius 2 is 1.83 bits per heavy atom. The maximum absolute atomic E-state index is 13.4. The Balaban J connectivity index is 1.73. The van der Waals surface area contributed by atoms with E-state index < -0.39 is 23.1 Å². The van der Waals surface area contributed by atoms with Crippen molar-refractivity contribution in [2.45, 2.75) is 19.3 Å². The predicted molar refractivity (Wildman–Crippen MR) is 107 cm³/mol. The van der Waals surface area contributed by atoms with Crippen LogP contribution in [0.3, 0.4) is 0 Å². The molecule has 29 heavy (non-hydrogen) atoms. The van der Waals surface area contributed by atoms with Crippen LogP contribution < -0.4 is 15.9 Å². The quantitative estimate of drug-likeness (QED) is 0.706. The summed E-state index contributed by atoms with van der Waals surface area (Å²) in [6.07, 6.45) is 1.58. The van der Waals surface area contributed by atoms with Crippen LogP contribution in [-0.4, -0.2) is 28.7 Å². The standard InChI is InChI=1S/C20H17ClF2N4O2/c21-15-4-3-5-16-18(15)19(29)27(20(24-16)26-6-1-2-7-26)25-17(28)10-12-8-13(22)11-14(23)9-12/h3-5,8-9,11H,1-2,6-7,10H2,(H,25,28). The van der Waals surface area contributed by atoms with E-state index in [1.54, 1.807) is 18.2 Å². The fourth-order valence-corrected chi connectivity index (χ4v) is 3.72. The Morgan fingerprint density at radius 3 is 2.52 bits per heavy atom. The highest BCUT2D eigenvalue weighted by Crippen LogP contribution is 2.23. The second-order valence-electron chi connectivity index (χ2n) is 6.87. The minimum atomic E-state index is -0.776. The van der Waals surface area contributed by atoms with E-state index in [1.165, 1.54) is 0 Å². The molecule has 2 heterocycles. The highest BCUT2D eigenvalue weighted by molar-refractivity contribution is 6.35. The van der Waals surface area contributed by atoms with Crippen molar-refractivity contribution in [3.63, 3.8) is 0 Å². The van der Waals surface area contributed by atoms with E-state index >= 15 is 0 Å². The van der Waals surface area contributed by atoms with E-state index in [2.05, 4.69) is 10.4 Å². The van der Waals surface area contributed by atoms with Crippen LogP contribution in [0.4, 0.5) is 14.7 Å². The van der Waals surface area contributed by atoms with Crippen LogP contribution in [0, 0.1) is 11.6 Å². The molecule has 0 aliphatic carbocycles. The minimum Gasteiger partial charge on any atom is -0.341 e. The van der Waals surface area contributed by atoms with Crippen molar-refractivity contribution in [1.29, 1.82) is 0 Å². The van der Waals surface area contributed by atoms with Gasteiger partial charge in [-0.15, -0.1) is 0 Å². The van der Waals surface area contributed by atoms with Crippen molar-refractivity contribution >= 4 is 34.4 Å². The van der Waals surface area contributed by atoms with Crippen molar-refractivity contribution in [3.8, 4) is 0 Å². The molecule has 1 fully saturated rings. The van der Waals surface area contributed by atoms with E-state index in [9.17, 15) is 18.4 Å². The number of amides is 1. The van der Waals surface area contributed by atoms with E-state index in [0.717, 1.165) is 35.7 Å². The van der Waals surface area contributed by atoms with Crippen LogP contribution in [0.25, 0.3) is 10.9 Å². The van der Waals surface area contributed by atoms with Gasteiger partial charge in [-0.1, -0.05) is 17.7 Å².